The Kier molecular flexibility index (Phi) is 5.46. The summed E-state index contributed by atoms with van der Waals surface area (Å²) in [7, 11) is 1.76. The fourth-order valence-electron chi connectivity index (χ4n) is 6.91. The zero-order valence-electron chi connectivity index (χ0n) is 18.1. The fraction of sp³-hybridized carbons (Fsp3) is 0.720. The van der Waals surface area contributed by atoms with Gasteiger partial charge in [0.15, 0.2) is 0 Å². The standard InChI is InChI=1S/C25H37NO2/c1-17(2)12-14-26(16-27)24-10-9-23-22-7-5-18-15-19(28-4)6-8-20(18)21(22)11-13-25(23,24)3/h5-6,8,15-17,20-24H,7,9-14H2,1-4H3/t20?,21?,22?,23?,24-,25-/m0/s1. The van der Waals surface area contributed by atoms with Crippen LogP contribution in [0.15, 0.2) is 35.6 Å². The summed E-state index contributed by atoms with van der Waals surface area (Å²) in [5.41, 5.74) is 1.75. The van der Waals surface area contributed by atoms with E-state index < -0.39 is 0 Å². The van der Waals surface area contributed by atoms with Crippen LogP contribution in [0, 0.1) is 35.0 Å². The highest BCUT2D eigenvalue weighted by atomic mass is 16.5. The van der Waals surface area contributed by atoms with E-state index in [-0.39, 0.29) is 5.41 Å². The van der Waals surface area contributed by atoms with Crippen molar-refractivity contribution in [1.29, 1.82) is 0 Å². The van der Waals surface area contributed by atoms with Gasteiger partial charge in [-0.3, -0.25) is 4.79 Å². The predicted molar refractivity (Wildman–Crippen MR) is 113 cm³/mol. The van der Waals surface area contributed by atoms with E-state index in [1.54, 1.807) is 7.11 Å². The van der Waals surface area contributed by atoms with E-state index in [2.05, 4.69) is 50.0 Å². The van der Waals surface area contributed by atoms with E-state index in [0.717, 1.165) is 42.9 Å². The molecule has 28 heavy (non-hydrogen) atoms. The monoisotopic (exact) mass is 383 g/mol. The van der Waals surface area contributed by atoms with Crippen molar-refractivity contribution in [2.45, 2.75) is 65.3 Å². The van der Waals surface area contributed by atoms with Crippen LogP contribution in [0.25, 0.3) is 0 Å². The normalized spacial score (nSPS) is 38.8. The van der Waals surface area contributed by atoms with Crippen LogP contribution in [-0.2, 0) is 9.53 Å². The number of allylic oxidation sites excluding steroid dienone is 5. The van der Waals surface area contributed by atoms with Crippen LogP contribution < -0.4 is 0 Å². The van der Waals surface area contributed by atoms with Gasteiger partial charge in [-0.05, 0) is 85.3 Å². The molecule has 0 spiro atoms. The second-order valence-electron chi connectivity index (χ2n) is 10.2. The molecule has 154 valence electrons. The topological polar surface area (TPSA) is 29.5 Å². The van der Waals surface area contributed by atoms with Crippen LogP contribution in [0.1, 0.15) is 59.3 Å². The third kappa shape index (κ3) is 3.25. The van der Waals surface area contributed by atoms with Gasteiger partial charge in [-0.1, -0.05) is 32.9 Å². The number of nitrogens with zero attached hydrogens (tertiary/aromatic N) is 1. The smallest absolute Gasteiger partial charge is 0.209 e. The van der Waals surface area contributed by atoms with E-state index in [1.807, 2.05) is 0 Å². The molecule has 0 N–H and O–H groups in total. The molecule has 0 bridgehead atoms. The molecule has 0 heterocycles. The average molecular weight is 384 g/mol. The summed E-state index contributed by atoms with van der Waals surface area (Å²) in [6.45, 7) is 7.92. The number of rotatable bonds is 6. The van der Waals surface area contributed by atoms with Gasteiger partial charge in [0.25, 0.3) is 0 Å². The highest BCUT2D eigenvalue weighted by molar-refractivity contribution is 5.48. The van der Waals surface area contributed by atoms with Crippen molar-refractivity contribution >= 4 is 6.41 Å². The van der Waals surface area contributed by atoms with Crippen LogP contribution >= 0.6 is 0 Å². The van der Waals surface area contributed by atoms with E-state index in [9.17, 15) is 4.79 Å². The molecule has 0 aromatic carbocycles. The molecule has 4 aliphatic rings. The Labute approximate surface area is 170 Å². The zero-order valence-corrected chi connectivity index (χ0v) is 18.1. The van der Waals surface area contributed by atoms with Gasteiger partial charge < -0.3 is 9.64 Å². The minimum Gasteiger partial charge on any atom is -0.497 e. The summed E-state index contributed by atoms with van der Waals surface area (Å²) in [6, 6.07) is 0.432. The zero-order chi connectivity index (χ0) is 19.9. The molecule has 0 saturated heterocycles. The second kappa shape index (κ2) is 7.72. The summed E-state index contributed by atoms with van der Waals surface area (Å²) in [5.74, 6) is 4.45. The van der Waals surface area contributed by atoms with Crippen molar-refractivity contribution < 1.29 is 9.53 Å². The maximum absolute atomic E-state index is 11.9. The lowest BCUT2D eigenvalue weighted by molar-refractivity contribution is -0.124. The Morgan fingerprint density at radius 2 is 2.11 bits per heavy atom. The molecule has 0 aromatic rings. The molecule has 3 heteroatoms. The van der Waals surface area contributed by atoms with Crippen molar-refractivity contribution in [2.24, 2.45) is 35.0 Å². The first-order valence-electron chi connectivity index (χ1n) is 11.3. The predicted octanol–water partition coefficient (Wildman–Crippen LogP) is 5.35. The molecule has 0 aliphatic heterocycles. The summed E-state index contributed by atoms with van der Waals surface area (Å²) in [5, 5.41) is 0. The summed E-state index contributed by atoms with van der Waals surface area (Å²) in [6.07, 6.45) is 17.7. The lowest BCUT2D eigenvalue weighted by Gasteiger charge is -2.53. The van der Waals surface area contributed by atoms with Crippen molar-refractivity contribution in [2.75, 3.05) is 13.7 Å². The van der Waals surface area contributed by atoms with Gasteiger partial charge in [-0.25, -0.2) is 0 Å². The first kappa shape index (κ1) is 19.8. The maximum Gasteiger partial charge on any atom is 0.209 e. The Hall–Kier alpha value is -1.51. The van der Waals surface area contributed by atoms with Crippen molar-refractivity contribution in [3.8, 4) is 0 Å². The first-order chi connectivity index (χ1) is 13.5. The van der Waals surface area contributed by atoms with Crippen LogP contribution in [-0.4, -0.2) is 31.0 Å². The number of hydrogen-bond acceptors (Lipinski definition) is 2. The number of hydrogen-bond donors (Lipinski definition) is 0. The Bertz CT molecular complexity index is 691. The van der Waals surface area contributed by atoms with Crippen LogP contribution in [0.2, 0.25) is 0 Å². The highest BCUT2D eigenvalue weighted by Crippen LogP contribution is 2.61. The quantitative estimate of drug-likeness (QED) is 0.579. The van der Waals surface area contributed by atoms with E-state index in [1.165, 1.54) is 37.7 Å². The third-order valence-corrected chi connectivity index (χ3v) is 8.43. The lowest BCUT2D eigenvalue weighted by Crippen LogP contribution is -2.51. The SMILES string of the molecule is COC1=CC2=CCC3C(CC[C@@]4(C)C3CC[C@@H]4N(C=O)CCC(C)C)C2C=C1. The molecule has 4 unspecified atom stereocenters. The highest BCUT2D eigenvalue weighted by Gasteiger charge is 2.56. The molecule has 6 atom stereocenters. The Morgan fingerprint density at radius 1 is 1.29 bits per heavy atom. The first-order valence-corrected chi connectivity index (χ1v) is 11.3. The third-order valence-electron chi connectivity index (χ3n) is 8.43. The summed E-state index contributed by atoms with van der Waals surface area (Å²) < 4.78 is 5.45. The van der Waals surface area contributed by atoms with Crippen LogP contribution in [0.4, 0.5) is 0 Å². The molecule has 1 amide bonds. The molecule has 0 radical (unpaired) electrons. The van der Waals surface area contributed by atoms with Crippen molar-refractivity contribution in [1.82, 2.24) is 4.90 Å². The second-order valence-corrected chi connectivity index (χ2v) is 10.2. The number of ether oxygens (including phenoxy) is 1. The van der Waals surface area contributed by atoms with Gasteiger partial charge in [0.1, 0.15) is 5.76 Å². The largest absolute Gasteiger partial charge is 0.497 e. The Balaban J connectivity index is 1.54. The summed E-state index contributed by atoms with van der Waals surface area (Å²) in [4.78, 5) is 14.1. The van der Waals surface area contributed by atoms with E-state index >= 15 is 0 Å². The van der Waals surface area contributed by atoms with Crippen molar-refractivity contribution in [3.63, 3.8) is 0 Å². The average Bonchev–Trinajstić information content (AvgIpc) is 3.05. The Morgan fingerprint density at radius 3 is 2.82 bits per heavy atom. The van der Waals surface area contributed by atoms with Gasteiger partial charge in [0, 0.05) is 18.5 Å². The maximum atomic E-state index is 11.9. The van der Waals surface area contributed by atoms with Crippen molar-refractivity contribution in [3.05, 3.63) is 35.6 Å². The summed E-state index contributed by atoms with van der Waals surface area (Å²) >= 11 is 0. The molecule has 2 saturated carbocycles. The molecular weight excluding hydrogens is 346 g/mol. The molecule has 3 nitrogen and oxygen atoms in total. The van der Waals surface area contributed by atoms with Gasteiger partial charge in [0.2, 0.25) is 6.41 Å². The molecule has 4 rings (SSSR count). The van der Waals surface area contributed by atoms with Gasteiger partial charge in [0.05, 0.1) is 7.11 Å². The minimum absolute atomic E-state index is 0.288. The van der Waals surface area contributed by atoms with Gasteiger partial charge >= 0.3 is 0 Å². The number of carbonyl (C=O) groups is 1. The fourth-order valence-corrected chi connectivity index (χ4v) is 6.91. The number of carbonyl (C=O) groups excluding carboxylic acids is 1. The number of amides is 1. The lowest BCUT2D eigenvalue weighted by atomic mass is 9.53. The molecule has 4 aliphatic carbocycles. The van der Waals surface area contributed by atoms with Crippen LogP contribution in [0.3, 0.4) is 0 Å². The van der Waals surface area contributed by atoms with Crippen LogP contribution in [0.5, 0.6) is 0 Å². The number of fused-ring (bicyclic) bond motifs is 5. The number of methoxy groups -OCH3 is 1. The van der Waals surface area contributed by atoms with Gasteiger partial charge in [-0.2, -0.15) is 0 Å². The molecule has 2 fully saturated rings. The minimum atomic E-state index is 0.288. The van der Waals surface area contributed by atoms with E-state index in [0.29, 0.717) is 17.9 Å². The van der Waals surface area contributed by atoms with Gasteiger partial charge in [-0.15, -0.1) is 0 Å². The molecule has 0 aromatic heterocycles. The van der Waals surface area contributed by atoms with E-state index in [4.69, 9.17) is 4.74 Å². The molecular formula is C25H37NO2.